The molecule has 0 atom stereocenters. The van der Waals surface area contributed by atoms with E-state index in [-0.39, 0.29) is 0 Å². The van der Waals surface area contributed by atoms with E-state index in [2.05, 4.69) is 16.1 Å². The van der Waals surface area contributed by atoms with E-state index in [9.17, 15) is 0 Å². The van der Waals surface area contributed by atoms with Crippen LogP contribution in [-0.2, 0) is 6.54 Å². The molecule has 0 unspecified atom stereocenters. The summed E-state index contributed by atoms with van der Waals surface area (Å²) in [5, 5.41) is 13.1. The number of nitrogens with zero attached hydrogens (tertiary/aromatic N) is 4. The Hall–Kier alpha value is -2.28. The summed E-state index contributed by atoms with van der Waals surface area (Å²) in [5.74, 6) is 0.713. The summed E-state index contributed by atoms with van der Waals surface area (Å²) < 4.78 is 2.03. The van der Waals surface area contributed by atoms with Crippen LogP contribution in [0, 0.1) is 17.2 Å². The van der Waals surface area contributed by atoms with Gasteiger partial charge < -0.3 is 4.90 Å². The van der Waals surface area contributed by atoms with E-state index in [0.717, 1.165) is 25.2 Å². The zero-order valence-corrected chi connectivity index (χ0v) is 11.4. The summed E-state index contributed by atoms with van der Waals surface area (Å²) in [6, 6.07) is 12.0. The average Bonchev–Trinajstić information content (AvgIpc) is 3.01. The molecule has 0 aliphatic carbocycles. The molecule has 2 aromatic rings. The largest absolute Gasteiger partial charge is 0.372 e. The van der Waals surface area contributed by atoms with Gasteiger partial charge in [0.1, 0.15) is 0 Å². The van der Waals surface area contributed by atoms with Crippen molar-refractivity contribution in [3.63, 3.8) is 0 Å². The van der Waals surface area contributed by atoms with Crippen molar-refractivity contribution in [3.8, 4) is 6.07 Å². The predicted octanol–water partition coefficient (Wildman–Crippen LogP) is 2.67. The van der Waals surface area contributed by atoms with Crippen LogP contribution < -0.4 is 4.90 Å². The number of hydrogen-bond acceptors (Lipinski definition) is 3. The highest BCUT2D eigenvalue weighted by atomic mass is 15.3. The standard InChI is InChI=1S/C16H18N4/c17-12-14-2-4-16(5-3-14)19-10-6-15(7-11-19)13-20-9-1-8-18-20/h1-5,8-9,15H,6-7,10-11,13H2. The van der Waals surface area contributed by atoms with Crippen molar-refractivity contribution in [2.75, 3.05) is 18.0 Å². The number of anilines is 1. The first kappa shape index (κ1) is 12.7. The Morgan fingerprint density at radius 2 is 1.95 bits per heavy atom. The van der Waals surface area contributed by atoms with Gasteiger partial charge in [-0.15, -0.1) is 0 Å². The molecule has 1 aromatic carbocycles. The fourth-order valence-electron chi connectivity index (χ4n) is 2.79. The zero-order valence-electron chi connectivity index (χ0n) is 11.4. The fraction of sp³-hybridized carbons (Fsp3) is 0.375. The van der Waals surface area contributed by atoms with Crippen LogP contribution in [0.2, 0.25) is 0 Å². The van der Waals surface area contributed by atoms with Gasteiger partial charge >= 0.3 is 0 Å². The maximum atomic E-state index is 8.82. The molecule has 1 fully saturated rings. The Labute approximate surface area is 119 Å². The molecule has 4 nitrogen and oxygen atoms in total. The molecule has 0 saturated carbocycles. The Morgan fingerprint density at radius 3 is 2.55 bits per heavy atom. The van der Waals surface area contributed by atoms with Crippen molar-refractivity contribution in [2.45, 2.75) is 19.4 Å². The second-order valence-corrected chi connectivity index (χ2v) is 5.32. The summed E-state index contributed by atoms with van der Waals surface area (Å²) in [7, 11) is 0. The predicted molar refractivity (Wildman–Crippen MR) is 78.3 cm³/mol. The van der Waals surface area contributed by atoms with Crippen LogP contribution in [0.1, 0.15) is 18.4 Å². The van der Waals surface area contributed by atoms with Gasteiger partial charge in [0.25, 0.3) is 0 Å². The molecule has 0 amide bonds. The first-order chi connectivity index (χ1) is 9.85. The van der Waals surface area contributed by atoms with E-state index in [1.54, 1.807) is 0 Å². The molecule has 1 saturated heterocycles. The SMILES string of the molecule is N#Cc1ccc(N2CCC(Cn3cccn3)CC2)cc1. The average molecular weight is 266 g/mol. The highest BCUT2D eigenvalue weighted by molar-refractivity contribution is 5.49. The van der Waals surface area contributed by atoms with E-state index in [1.807, 2.05) is 47.4 Å². The van der Waals surface area contributed by atoms with Gasteiger partial charge in [-0.2, -0.15) is 10.4 Å². The molecular formula is C16H18N4. The minimum absolute atomic E-state index is 0.713. The number of piperidine rings is 1. The summed E-state index contributed by atoms with van der Waals surface area (Å²) in [4.78, 5) is 2.40. The molecule has 20 heavy (non-hydrogen) atoms. The monoisotopic (exact) mass is 266 g/mol. The van der Waals surface area contributed by atoms with Crippen LogP contribution >= 0.6 is 0 Å². The Morgan fingerprint density at radius 1 is 1.20 bits per heavy atom. The lowest BCUT2D eigenvalue weighted by Crippen LogP contribution is -2.35. The molecule has 0 bridgehead atoms. The minimum Gasteiger partial charge on any atom is -0.372 e. The molecule has 102 valence electrons. The van der Waals surface area contributed by atoms with Crippen LogP contribution in [0.3, 0.4) is 0 Å². The third-order valence-corrected chi connectivity index (χ3v) is 3.98. The van der Waals surface area contributed by atoms with E-state index >= 15 is 0 Å². The van der Waals surface area contributed by atoms with Crippen LogP contribution in [0.15, 0.2) is 42.7 Å². The maximum Gasteiger partial charge on any atom is 0.0991 e. The molecule has 2 heterocycles. The summed E-state index contributed by atoms with van der Waals surface area (Å²) >= 11 is 0. The molecule has 4 heteroatoms. The second-order valence-electron chi connectivity index (χ2n) is 5.32. The normalized spacial score (nSPS) is 16.1. The number of rotatable bonds is 3. The van der Waals surface area contributed by atoms with Crippen molar-refractivity contribution in [1.29, 1.82) is 5.26 Å². The van der Waals surface area contributed by atoms with Gasteiger partial charge in [-0.25, -0.2) is 0 Å². The molecule has 1 aromatic heterocycles. The zero-order chi connectivity index (χ0) is 13.8. The molecular weight excluding hydrogens is 248 g/mol. The van der Waals surface area contributed by atoms with E-state index in [1.165, 1.54) is 18.5 Å². The quantitative estimate of drug-likeness (QED) is 0.858. The lowest BCUT2D eigenvalue weighted by Gasteiger charge is -2.33. The lowest BCUT2D eigenvalue weighted by atomic mass is 9.96. The first-order valence-electron chi connectivity index (χ1n) is 7.08. The van der Waals surface area contributed by atoms with Crippen LogP contribution in [0.5, 0.6) is 0 Å². The molecule has 3 rings (SSSR count). The van der Waals surface area contributed by atoms with Crippen molar-refractivity contribution >= 4 is 5.69 Å². The highest BCUT2D eigenvalue weighted by Gasteiger charge is 2.19. The van der Waals surface area contributed by atoms with E-state index in [0.29, 0.717) is 5.92 Å². The minimum atomic E-state index is 0.713. The lowest BCUT2D eigenvalue weighted by molar-refractivity contribution is 0.342. The van der Waals surface area contributed by atoms with Crippen LogP contribution in [0.4, 0.5) is 5.69 Å². The summed E-state index contributed by atoms with van der Waals surface area (Å²) in [6.07, 6.45) is 6.26. The number of benzene rings is 1. The molecule has 0 N–H and O–H groups in total. The third kappa shape index (κ3) is 2.83. The third-order valence-electron chi connectivity index (χ3n) is 3.98. The Bertz CT molecular complexity index is 572. The number of hydrogen-bond donors (Lipinski definition) is 0. The number of aromatic nitrogens is 2. The van der Waals surface area contributed by atoms with Gasteiger partial charge in [0.15, 0.2) is 0 Å². The van der Waals surface area contributed by atoms with Gasteiger partial charge in [-0.05, 0) is 49.1 Å². The van der Waals surface area contributed by atoms with Crippen molar-refractivity contribution in [3.05, 3.63) is 48.3 Å². The Kier molecular flexibility index (Phi) is 3.69. The molecule has 0 radical (unpaired) electrons. The highest BCUT2D eigenvalue weighted by Crippen LogP contribution is 2.24. The molecule has 1 aliphatic rings. The number of nitriles is 1. The van der Waals surface area contributed by atoms with Gasteiger partial charge in [-0.1, -0.05) is 0 Å². The molecule has 0 spiro atoms. The van der Waals surface area contributed by atoms with Gasteiger partial charge in [0.2, 0.25) is 0 Å². The summed E-state index contributed by atoms with van der Waals surface area (Å²) in [6.45, 7) is 3.18. The van der Waals surface area contributed by atoms with Crippen molar-refractivity contribution in [2.24, 2.45) is 5.92 Å². The Balaban J connectivity index is 1.56. The van der Waals surface area contributed by atoms with Crippen LogP contribution in [0.25, 0.3) is 0 Å². The van der Waals surface area contributed by atoms with E-state index < -0.39 is 0 Å². The smallest absolute Gasteiger partial charge is 0.0991 e. The second kappa shape index (κ2) is 5.79. The van der Waals surface area contributed by atoms with Crippen molar-refractivity contribution < 1.29 is 0 Å². The maximum absolute atomic E-state index is 8.82. The first-order valence-corrected chi connectivity index (χ1v) is 7.08. The van der Waals surface area contributed by atoms with Gasteiger partial charge in [-0.3, -0.25) is 4.68 Å². The summed E-state index contributed by atoms with van der Waals surface area (Å²) in [5.41, 5.74) is 1.95. The topological polar surface area (TPSA) is 44.9 Å². The van der Waals surface area contributed by atoms with Gasteiger partial charge in [0.05, 0.1) is 11.6 Å². The fourth-order valence-corrected chi connectivity index (χ4v) is 2.79. The van der Waals surface area contributed by atoms with Crippen LogP contribution in [-0.4, -0.2) is 22.9 Å². The van der Waals surface area contributed by atoms with Crippen molar-refractivity contribution in [1.82, 2.24) is 9.78 Å². The molecule has 1 aliphatic heterocycles. The van der Waals surface area contributed by atoms with E-state index in [4.69, 9.17) is 5.26 Å². The van der Waals surface area contributed by atoms with Gasteiger partial charge in [0, 0.05) is 37.7 Å².